The Labute approximate surface area is 131 Å². The fourth-order valence-corrected chi connectivity index (χ4v) is 2.56. The van der Waals surface area contributed by atoms with Crippen LogP contribution in [0.2, 0.25) is 0 Å². The van der Waals surface area contributed by atoms with Gasteiger partial charge in [0, 0.05) is 16.3 Å². The van der Waals surface area contributed by atoms with Gasteiger partial charge in [0.25, 0.3) is 5.91 Å². The van der Waals surface area contributed by atoms with Crippen molar-refractivity contribution in [3.05, 3.63) is 72.3 Å². The molecule has 5 heteroatoms. The number of amides is 1. The third kappa shape index (κ3) is 2.53. The molecule has 23 heavy (non-hydrogen) atoms. The van der Waals surface area contributed by atoms with E-state index in [1.165, 1.54) is 12.1 Å². The predicted octanol–water partition coefficient (Wildman–Crippen LogP) is 4.11. The number of carbonyl (C=O) groups is 1. The largest absolute Gasteiger partial charge is 0.351 e. The first-order valence-corrected chi connectivity index (χ1v) is 7.13. The van der Waals surface area contributed by atoms with E-state index in [0.29, 0.717) is 22.3 Å². The van der Waals surface area contributed by atoms with E-state index in [1.54, 1.807) is 18.3 Å². The number of pyridine rings is 1. The number of aromatic amines is 1. The van der Waals surface area contributed by atoms with Gasteiger partial charge in [-0.25, -0.2) is 4.39 Å². The van der Waals surface area contributed by atoms with Gasteiger partial charge in [-0.3, -0.25) is 9.78 Å². The minimum atomic E-state index is -0.331. The monoisotopic (exact) mass is 305 g/mol. The lowest BCUT2D eigenvalue weighted by atomic mass is 10.2. The number of nitrogens with one attached hydrogen (secondary N) is 2. The molecular weight excluding hydrogens is 293 g/mol. The zero-order chi connectivity index (χ0) is 15.8. The molecule has 0 aliphatic heterocycles. The van der Waals surface area contributed by atoms with Crippen LogP contribution in [0.15, 0.2) is 60.8 Å². The highest BCUT2D eigenvalue weighted by molar-refractivity contribution is 6.06. The molecule has 4 rings (SSSR count). The normalized spacial score (nSPS) is 11.0. The maximum Gasteiger partial charge on any atom is 0.272 e. The number of anilines is 1. The highest BCUT2D eigenvalue weighted by atomic mass is 19.1. The van der Waals surface area contributed by atoms with E-state index in [2.05, 4.69) is 15.3 Å². The highest BCUT2D eigenvalue weighted by Gasteiger charge is 2.11. The molecular formula is C18H12FN3O. The molecule has 4 nitrogen and oxygen atoms in total. The van der Waals surface area contributed by atoms with E-state index in [1.807, 2.05) is 30.3 Å². The van der Waals surface area contributed by atoms with Crippen molar-refractivity contribution in [3.8, 4) is 0 Å². The summed E-state index contributed by atoms with van der Waals surface area (Å²) in [6.07, 6.45) is 1.61. The summed E-state index contributed by atoms with van der Waals surface area (Å²) in [4.78, 5) is 19.6. The maximum atomic E-state index is 13.2. The summed E-state index contributed by atoms with van der Waals surface area (Å²) in [5.41, 5.74) is 2.57. The molecule has 2 aromatic heterocycles. The van der Waals surface area contributed by atoms with Gasteiger partial charge in [0.1, 0.15) is 11.5 Å². The number of halogens is 1. The quantitative estimate of drug-likeness (QED) is 0.585. The van der Waals surface area contributed by atoms with Crippen molar-refractivity contribution in [2.75, 3.05) is 5.32 Å². The van der Waals surface area contributed by atoms with Crippen molar-refractivity contribution in [2.24, 2.45) is 0 Å². The number of hydrogen-bond donors (Lipinski definition) is 2. The zero-order valence-corrected chi connectivity index (χ0v) is 12.0. The molecule has 0 saturated heterocycles. The Hall–Kier alpha value is -3.21. The van der Waals surface area contributed by atoms with Gasteiger partial charge < -0.3 is 10.3 Å². The van der Waals surface area contributed by atoms with Crippen LogP contribution >= 0.6 is 0 Å². The molecule has 2 N–H and O–H groups in total. The summed E-state index contributed by atoms with van der Waals surface area (Å²) in [5.74, 6) is -0.624. The Morgan fingerprint density at radius 2 is 1.91 bits per heavy atom. The van der Waals surface area contributed by atoms with Crippen LogP contribution < -0.4 is 5.32 Å². The summed E-state index contributed by atoms with van der Waals surface area (Å²) in [6.45, 7) is 0. The molecule has 0 radical (unpaired) electrons. The van der Waals surface area contributed by atoms with Gasteiger partial charge in [0.2, 0.25) is 0 Å². The van der Waals surface area contributed by atoms with Gasteiger partial charge in [-0.2, -0.15) is 0 Å². The third-order valence-electron chi connectivity index (χ3n) is 3.68. The maximum absolute atomic E-state index is 13.2. The molecule has 0 atom stereocenters. The molecule has 1 amide bonds. The van der Waals surface area contributed by atoms with Crippen LogP contribution in [-0.4, -0.2) is 15.9 Å². The van der Waals surface area contributed by atoms with Crippen LogP contribution in [0.4, 0.5) is 10.1 Å². The van der Waals surface area contributed by atoms with Crippen molar-refractivity contribution in [1.82, 2.24) is 9.97 Å². The number of H-pyrrole nitrogens is 1. The molecule has 0 unspecified atom stereocenters. The number of benzene rings is 2. The van der Waals surface area contributed by atoms with Gasteiger partial charge in [-0.05, 0) is 36.4 Å². The molecule has 2 aromatic carbocycles. The summed E-state index contributed by atoms with van der Waals surface area (Å²) in [6, 6.07) is 15.5. The Morgan fingerprint density at radius 3 is 2.83 bits per heavy atom. The SMILES string of the molecule is O=C(Nc1cnc2ccccc2c1)c1cc2cc(F)ccc2[nH]1. The molecule has 112 valence electrons. The lowest BCUT2D eigenvalue weighted by Gasteiger charge is -2.04. The van der Waals surface area contributed by atoms with E-state index in [0.717, 1.165) is 10.9 Å². The van der Waals surface area contributed by atoms with E-state index in [4.69, 9.17) is 0 Å². The average Bonchev–Trinajstić information content (AvgIpc) is 2.98. The van der Waals surface area contributed by atoms with Crippen LogP contribution in [0.5, 0.6) is 0 Å². The molecule has 0 bridgehead atoms. The molecule has 0 fully saturated rings. The average molecular weight is 305 g/mol. The molecule has 4 aromatic rings. The summed E-state index contributed by atoms with van der Waals surface area (Å²) < 4.78 is 13.2. The van der Waals surface area contributed by atoms with E-state index in [-0.39, 0.29) is 11.7 Å². The topological polar surface area (TPSA) is 57.8 Å². The van der Waals surface area contributed by atoms with Gasteiger partial charge in [0.15, 0.2) is 0 Å². The van der Waals surface area contributed by atoms with Crippen molar-refractivity contribution in [1.29, 1.82) is 0 Å². The number of nitrogens with zero attached hydrogens (tertiary/aromatic N) is 1. The number of para-hydroxylation sites is 1. The van der Waals surface area contributed by atoms with Gasteiger partial charge >= 0.3 is 0 Å². The Kier molecular flexibility index (Phi) is 3.05. The second-order valence-electron chi connectivity index (χ2n) is 5.29. The van der Waals surface area contributed by atoms with Crippen molar-refractivity contribution < 1.29 is 9.18 Å². The lowest BCUT2D eigenvalue weighted by molar-refractivity contribution is 0.102. The van der Waals surface area contributed by atoms with Crippen LogP contribution in [-0.2, 0) is 0 Å². The Morgan fingerprint density at radius 1 is 1.04 bits per heavy atom. The van der Waals surface area contributed by atoms with Crippen molar-refractivity contribution >= 4 is 33.4 Å². The highest BCUT2D eigenvalue weighted by Crippen LogP contribution is 2.19. The van der Waals surface area contributed by atoms with Crippen molar-refractivity contribution in [3.63, 3.8) is 0 Å². The molecule has 0 aliphatic rings. The summed E-state index contributed by atoms with van der Waals surface area (Å²) >= 11 is 0. The van der Waals surface area contributed by atoms with Crippen molar-refractivity contribution in [2.45, 2.75) is 0 Å². The lowest BCUT2D eigenvalue weighted by Crippen LogP contribution is -2.12. The number of aromatic nitrogens is 2. The first-order chi connectivity index (χ1) is 11.2. The Bertz CT molecular complexity index is 1040. The zero-order valence-electron chi connectivity index (χ0n) is 12.0. The molecule has 2 heterocycles. The van der Waals surface area contributed by atoms with E-state index < -0.39 is 0 Å². The standard InChI is InChI=1S/C18H12FN3O/c19-13-5-6-16-12(7-13)9-17(22-16)18(23)21-14-8-11-3-1-2-4-15(11)20-10-14/h1-10,22H,(H,21,23). The first-order valence-electron chi connectivity index (χ1n) is 7.13. The fraction of sp³-hybridized carbons (Fsp3) is 0. The van der Waals surface area contributed by atoms with Crippen LogP contribution in [0.25, 0.3) is 21.8 Å². The first kappa shape index (κ1) is 13.5. The molecule has 0 aliphatic carbocycles. The van der Waals surface area contributed by atoms with Gasteiger partial charge in [0.05, 0.1) is 17.4 Å². The second kappa shape index (κ2) is 5.21. The van der Waals surface area contributed by atoms with Crippen LogP contribution in [0.3, 0.4) is 0 Å². The van der Waals surface area contributed by atoms with E-state index >= 15 is 0 Å². The third-order valence-corrected chi connectivity index (χ3v) is 3.68. The minimum absolute atomic E-state index is 0.293. The molecule has 0 saturated carbocycles. The second-order valence-corrected chi connectivity index (χ2v) is 5.29. The summed E-state index contributed by atoms with van der Waals surface area (Å²) in [5, 5.41) is 4.41. The smallest absolute Gasteiger partial charge is 0.272 e. The van der Waals surface area contributed by atoms with E-state index in [9.17, 15) is 9.18 Å². The predicted molar refractivity (Wildman–Crippen MR) is 88.0 cm³/mol. The Balaban J connectivity index is 1.64. The number of hydrogen-bond acceptors (Lipinski definition) is 2. The number of rotatable bonds is 2. The number of carbonyl (C=O) groups excluding carboxylic acids is 1. The molecule has 0 spiro atoms. The van der Waals surface area contributed by atoms with Gasteiger partial charge in [-0.15, -0.1) is 0 Å². The number of fused-ring (bicyclic) bond motifs is 2. The fourth-order valence-electron chi connectivity index (χ4n) is 2.56. The van der Waals surface area contributed by atoms with Crippen LogP contribution in [0, 0.1) is 5.82 Å². The minimum Gasteiger partial charge on any atom is -0.351 e. The van der Waals surface area contributed by atoms with Crippen LogP contribution in [0.1, 0.15) is 10.5 Å². The summed E-state index contributed by atoms with van der Waals surface area (Å²) in [7, 11) is 0. The van der Waals surface area contributed by atoms with Gasteiger partial charge in [-0.1, -0.05) is 18.2 Å².